The molecule has 26 heavy (non-hydrogen) atoms. The van der Waals surface area contributed by atoms with Gasteiger partial charge in [-0.05, 0) is 58.3 Å². The second-order valence-corrected chi connectivity index (χ2v) is 7.50. The van der Waals surface area contributed by atoms with Gasteiger partial charge in [0.25, 0.3) is 0 Å². The molecule has 0 bridgehead atoms. The third-order valence-electron chi connectivity index (χ3n) is 4.03. The molecule has 0 radical (unpaired) electrons. The summed E-state index contributed by atoms with van der Waals surface area (Å²) < 4.78 is 26.4. The maximum Gasteiger partial charge on any atom is 0.195 e. The minimum absolute atomic E-state index is 0.0915. The van der Waals surface area contributed by atoms with E-state index >= 15 is 0 Å². The standard InChI is InChI=1S/C21H12F2OS2/c22-15-5-1-13(2-6-15)20-17(9-11-25-20)19(24)18-10-12-26-21(18)14-3-7-16(23)8-4-14/h1-12H. The van der Waals surface area contributed by atoms with Crippen molar-refractivity contribution in [3.8, 4) is 20.9 Å². The van der Waals surface area contributed by atoms with Crippen LogP contribution in [0.3, 0.4) is 0 Å². The lowest BCUT2D eigenvalue weighted by Crippen LogP contribution is -2.01. The summed E-state index contributed by atoms with van der Waals surface area (Å²) in [6.07, 6.45) is 0. The molecule has 0 spiro atoms. The summed E-state index contributed by atoms with van der Waals surface area (Å²) in [6.45, 7) is 0. The van der Waals surface area contributed by atoms with Crippen LogP contribution in [0.5, 0.6) is 0 Å². The molecule has 0 saturated heterocycles. The predicted molar refractivity (Wildman–Crippen MR) is 103 cm³/mol. The van der Waals surface area contributed by atoms with Crippen LogP contribution in [0.2, 0.25) is 0 Å². The van der Waals surface area contributed by atoms with Gasteiger partial charge in [-0.15, -0.1) is 22.7 Å². The average molecular weight is 382 g/mol. The van der Waals surface area contributed by atoms with Crippen molar-refractivity contribution in [1.29, 1.82) is 0 Å². The van der Waals surface area contributed by atoms with Crippen LogP contribution in [0.4, 0.5) is 8.78 Å². The Bertz CT molecular complexity index is 974. The van der Waals surface area contributed by atoms with Crippen molar-refractivity contribution in [2.24, 2.45) is 0 Å². The molecule has 0 aliphatic carbocycles. The van der Waals surface area contributed by atoms with Crippen LogP contribution in [0.1, 0.15) is 15.9 Å². The Morgan fingerprint density at radius 2 is 1.00 bits per heavy atom. The van der Waals surface area contributed by atoms with Crippen molar-refractivity contribution in [1.82, 2.24) is 0 Å². The number of hydrogen-bond acceptors (Lipinski definition) is 3. The molecule has 128 valence electrons. The molecule has 2 aromatic heterocycles. The minimum Gasteiger partial charge on any atom is -0.289 e. The fraction of sp³-hybridized carbons (Fsp3) is 0. The number of benzene rings is 2. The molecule has 5 heteroatoms. The topological polar surface area (TPSA) is 17.1 Å². The number of carbonyl (C=O) groups is 1. The van der Waals surface area contributed by atoms with E-state index in [1.54, 1.807) is 36.4 Å². The van der Waals surface area contributed by atoms with E-state index < -0.39 is 0 Å². The summed E-state index contributed by atoms with van der Waals surface area (Å²) in [5, 5.41) is 3.71. The highest BCUT2D eigenvalue weighted by Crippen LogP contribution is 2.36. The van der Waals surface area contributed by atoms with Crippen molar-refractivity contribution in [3.05, 3.63) is 94.2 Å². The normalized spacial score (nSPS) is 10.8. The van der Waals surface area contributed by atoms with E-state index in [-0.39, 0.29) is 17.4 Å². The van der Waals surface area contributed by atoms with E-state index in [2.05, 4.69) is 0 Å². The molecule has 4 aromatic rings. The maximum absolute atomic E-state index is 13.2. The Hall–Kier alpha value is -2.63. The Balaban J connectivity index is 1.75. The van der Waals surface area contributed by atoms with Gasteiger partial charge in [-0.1, -0.05) is 24.3 Å². The number of ketones is 1. The number of rotatable bonds is 4. The zero-order valence-electron chi connectivity index (χ0n) is 13.4. The van der Waals surface area contributed by atoms with Crippen LogP contribution < -0.4 is 0 Å². The van der Waals surface area contributed by atoms with E-state index in [1.807, 2.05) is 10.8 Å². The first-order chi connectivity index (χ1) is 12.6. The minimum atomic E-state index is -0.311. The number of halogens is 2. The second kappa shape index (κ2) is 6.94. The van der Waals surface area contributed by atoms with E-state index in [0.717, 1.165) is 20.9 Å². The number of hydrogen-bond donors (Lipinski definition) is 0. The Labute approximate surface area is 157 Å². The van der Waals surface area contributed by atoms with Crippen molar-refractivity contribution in [3.63, 3.8) is 0 Å². The van der Waals surface area contributed by atoms with Crippen molar-refractivity contribution in [2.75, 3.05) is 0 Å². The molecule has 0 saturated carbocycles. The van der Waals surface area contributed by atoms with Crippen LogP contribution in [0.15, 0.2) is 71.4 Å². The van der Waals surface area contributed by atoms with Crippen molar-refractivity contribution in [2.45, 2.75) is 0 Å². The Morgan fingerprint density at radius 3 is 1.38 bits per heavy atom. The molecule has 2 aromatic carbocycles. The first kappa shape index (κ1) is 16.8. The zero-order valence-corrected chi connectivity index (χ0v) is 15.0. The van der Waals surface area contributed by atoms with Gasteiger partial charge in [0.05, 0.1) is 0 Å². The van der Waals surface area contributed by atoms with Crippen LogP contribution in [-0.4, -0.2) is 5.78 Å². The van der Waals surface area contributed by atoms with Crippen LogP contribution in [0.25, 0.3) is 20.9 Å². The lowest BCUT2D eigenvalue weighted by Gasteiger charge is -2.06. The van der Waals surface area contributed by atoms with Gasteiger partial charge in [-0.3, -0.25) is 4.79 Å². The highest BCUT2D eigenvalue weighted by atomic mass is 32.1. The molecular formula is C21H12F2OS2. The Kier molecular flexibility index (Phi) is 4.49. The van der Waals surface area contributed by atoms with Gasteiger partial charge >= 0.3 is 0 Å². The molecule has 1 nitrogen and oxygen atoms in total. The van der Waals surface area contributed by atoms with E-state index in [9.17, 15) is 13.6 Å². The first-order valence-electron chi connectivity index (χ1n) is 7.85. The lowest BCUT2D eigenvalue weighted by molar-refractivity contribution is 0.104. The van der Waals surface area contributed by atoms with Gasteiger partial charge < -0.3 is 0 Å². The number of carbonyl (C=O) groups excluding carboxylic acids is 1. The fourth-order valence-corrected chi connectivity index (χ4v) is 4.57. The summed E-state index contributed by atoms with van der Waals surface area (Å²) in [7, 11) is 0. The molecule has 0 fully saturated rings. The third-order valence-corrected chi connectivity index (χ3v) is 5.96. The molecule has 0 N–H and O–H groups in total. The molecule has 0 amide bonds. The van der Waals surface area contributed by atoms with Crippen LogP contribution >= 0.6 is 22.7 Å². The largest absolute Gasteiger partial charge is 0.289 e. The van der Waals surface area contributed by atoms with Crippen molar-refractivity contribution < 1.29 is 13.6 Å². The van der Waals surface area contributed by atoms with Gasteiger partial charge in [0.1, 0.15) is 11.6 Å². The van der Waals surface area contributed by atoms with Crippen LogP contribution in [-0.2, 0) is 0 Å². The second-order valence-electron chi connectivity index (χ2n) is 5.67. The van der Waals surface area contributed by atoms with E-state index in [0.29, 0.717) is 11.1 Å². The summed E-state index contributed by atoms with van der Waals surface area (Å²) in [5.41, 5.74) is 2.79. The predicted octanol–water partition coefficient (Wildman–Crippen LogP) is 6.65. The summed E-state index contributed by atoms with van der Waals surface area (Å²) >= 11 is 2.90. The smallest absolute Gasteiger partial charge is 0.195 e. The SMILES string of the molecule is O=C(c1ccsc1-c1ccc(F)cc1)c1ccsc1-c1ccc(F)cc1. The quantitative estimate of drug-likeness (QED) is 0.361. The zero-order chi connectivity index (χ0) is 18.1. The van der Waals surface area contributed by atoms with E-state index in [1.165, 1.54) is 46.9 Å². The van der Waals surface area contributed by atoms with Gasteiger partial charge in [-0.25, -0.2) is 8.78 Å². The first-order valence-corrected chi connectivity index (χ1v) is 9.61. The molecule has 0 aliphatic heterocycles. The molecule has 0 unspecified atom stereocenters. The van der Waals surface area contributed by atoms with Gasteiger partial charge in [0.2, 0.25) is 0 Å². The average Bonchev–Trinajstić information content (AvgIpc) is 3.32. The molecular weight excluding hydrogens is 370 g/mol. The summed E-state index contributed by atoms with van der Waals surface area (Å²) in [6, 6.07) is 15.8. The van der Waals surface area contributed by atoms with Gasteiger partial charge in [0.15, 0.2) is 5.78 Å². The summed E-state index contributed by atoms with van der Waals surface area (Å²) in [5.74, 6) is -0.713. The molecule has 0 atom stereocenters. The van der Waals surface area contributed by atoms with Crippen LogP contribution in [0, 0.1) is 11.6 Å². The molecule has 4 rings (SSSR count). The van der Waals surface area contributed by atoms with Crippen molar-refractivity contribution >= 4 is 28.5 Å². The van der Waals surface area contributed by atoms with E-state index in [4.69, 9.17) is 0 Å². The summed E-state index contributed by atoms with van der Waals surface area (Å²) in [4.78, 5) is 14.8. The van der Waals surface area contributed by atoms with Gasteiger partial charge in [-0.2, -0.15) is 0 Å². The number of thiophene rings is 2. The molecule has 2 heterocycles. The third kappa shape index (κ3) is 3.11. The molecule has 0 aliphatic rings. The van der Waals surface area contributed by atoms with Gasteiger partial charge in [0, 0.05) is 20.9 Å². The maximum atomic E-state index is 13.2. The fourth-order valence-electron chi connectivity index (χ4n) is 2.77. The monoisotopic (exact) mass is 382 g/mol. The lowest BCUT2D eigenvalue weighted by atomic mass is 9.99. The highest BCUT2D eigenvalue weighted by molar-refractivity contribution is 7.14. The highest BCUT2D eigenvalue weighted by Gasteiger charge is 2.20. The Morgan fingerprint density at radius 1 is 0.615 bits per heavy atom.